The van der Waals surface area contributed by atoms with Crippen molar-refractivity contribution in [2.24, 2.45) is 0 Å². The third-order valence-corrected chi connectivity index (χ3v) is 6.56. The molecule has 0 aromatic heterocycles. The van der Waals surface area contributed by atoms with E-state index in [9.17, 15) is 0 Å². The predicted octanol–water partition coefficient (Wildman–Crippen LogP) is 8.08. The zero-order valence-electron chi connectivity index (χ0n) is 18.1. The number of rotatable bonds is 3. The molecule has 0 saturated carbocycles. The Kier molecular flexibility index (Phi) is 4.29. The third-order valence-electron chi connectivity index (χ3n) is 6.56. The average molecular weight is 390 g/mol. The standard InChI is InChI=1S/C29H27N/c1-20-17-26-25-16-15-24(19-28(25)29(3,4)27(26)18-21(20)2)30(22-11-7-5-8-12-22)23-13-9-6-10-14-23/h5-19H,1-4H3. The second-order valence-corrected chi connectivity index (χ2v) is 8.84. The molecule has 5 rings (SSSR count). The maximum atomic E-state index is 2.39. The Morgan fingerprint density at radius 2 is 1.07 bits per heavy atom. The van der Waals surface area contributed by atoms with Crippen molar-refractivity contribution < 1.29 is 0 Å². The molecule has 0 amide bonds. The molecule has 0 saturated heterocycles. The normalized spacial score (nSPS) is 13.6. The number of nitrogens with zero attached hydrogens (tertiary/aromatic N) is 1. The lowest BCUT2D eigenvalue weighted by atomic mass is 9.81. The van der Waals surface area contributed by atoms with Crippen molar-refractivity contribution in [3.63, 3.8) is 0 Å². The van der Waals surface area contributed by atoms with Crippen LogP contribution in [0.3, 0.4) is 0 Å². The molecule has 0 fully saturated rings. The smallest absolute Gasteiger partial charge is 0.0465 e. The monoisotopic (exact) mass is 389 g/mol. The molecule has 1 heteroatoms. The van der Waals surface area contributed by atoms with Crippen LogP contribution in [0.25, 0.3) is 11.1 Å². The quantitative estimate of drug-likeness (QED) is 0.342. The van der Waals surface area contributed by atoms with Crippen LogP contribution in [0.4, 0.5) is 17.1 Å². The molecule has 4 aromatic rings. The molecule has 30 heavy (non-hydrogen) atoms. The molecule has 1 aliphatic carbocycles. The highest BCUT2D eigenvalue weighted by Gasteiger charge is 2.36. The minimum absolute atomic E-state index is 0.0157. The van der Waals surface area contributed by atoms with Crippen molar-refractivity contribution in [1.82, 2.24) is 0 Å². The summed E-state index contributed by atoms with van der Waals surface area (Å²) in [5, 5.41) is 0. The zero-order chi connectivity index (χ0) is 20.9. The fraction of sp³-hybridized carbons (Fsp3) is 0.172. The number of anilines is 3. The van der Waals surface area contributed by atoms with Crippen molar-refractivity contribution in [2.75, 3.05) is 4.90 Å². The van der Waals surface area contributed by atoms with Crippen LogP contribution in [-0.4, -0.2) is 0 Å². The highest BCUT2D eigenvalue weighted by atomic mass is 15.1. The number of aryl methyl sites for hydroxylation is 2. The van der Waals surface area contributed by atoms with Crippen LogP contribution in [0.15, 0.2) is 91.0 Å². The van der Waals surface area contributed by atoms with E-state index in [1.807, 2.05) is 0 Å². The van der Waals surface area contributed by atoms with Gasteiger partial charge in [0, 0.05) is 22.5 Å². The van der Waals surface area contributed by atoms with E-state index < -0.39 is 0 Å². The maximum Gasteiger partial charge on any atom is 0.0465 e. The Hall–Kier alpha value is -3.32. The SMILES string of the molecule is Cc1cc2c(cc1C)C(C)(C)c1cc(N(c3ccccc3)c3ccccc3)ccc1-2. The average Bonchev–Trinajstić information content (AvgIpc) is 2.97. The van der Waals surface area contributed by atoms with E-state index in [1.165, 1.54) is 50.4 Å². The lowest BCUT2D eigenvalue weighted by Gasteiger charge is -2.28. The summed E-state index contributed by atoms with van der Waals surface area (Å²) in [6.07, 6.45) is 0. The summed E-state index contributed by atoms with van der Waals surface area (Å²) >= 11 is 0. The third kappa shape index (κ3) is 2.85. The summed E-state index contributed by atoms with van der Waals surface area (Å²) in [5.41, 5.74) is 11.8. The lowest BCUT2D eigenvalue weighted by molar-refractivity contribution is 0.659. The molecule has 1 nitrogen and oxygen atoms in total. The highest BCUT2D eigenvalue weighted by Crippen LogP contribution is 2.51. The zero-order valence-corrected chi connectivity index (χ0v) is 18.1. The molecule has 0 radical (unpaired) electrons. The number of para-hydroxylation sites is 2. The van der Waals surface area contributed by atoms with Crippen LogP contribution in [0, 0.1) is 13.8 Å². The topological polar surface area (TPSA) is 3.24 Å². The van der Waals surface area contributed by atoms with Crippen LogP contribution in [0.2, 0.25) is 0 Å². The molecule has 0 heterocycles. The Balaban J connectivity index is 1.70. The first-order valence-electron chi connectivity index (χ1n) is 10.6. The molecular formula is C29H27N. The van der Waals surface area contributed by atoms with E-state index in [0.29, 0.717) is 0 Å². The van der Waals surface area contributed by atoms with Crippen molar-refractivity contribution in [3.05, 3.63) is 113 Å². The first-order valence-corrected chi connectivity index (χ1v) is 10.6. The van der Waals surface area contributed by atoms with Crippen LogP contribution in [0.5, 0.6) is 0 Å². The van der Waals surface area contributed by atoms with Gasteiger partial charge < -0.3 is 4.90 Å². The molecule has 0 unspecified atom stereocenters. The number of hydrogen-bond acceptors (Lipinski definition) is 1. The fourth-order valence-electron chi connectivity index (χ4n) is 4.73. The molecule has 4 aromatic carbocycles. The van der Waals surface area contributed by atoms with Crippen LogP contribution in [-0.2, 0) is 5.41 Å². The molecule has 0 bridgehead atoms. The number of hydrogen-bond donors (Lipinski definition) is 0. The molecule has 1 aliphatic rings. The van der Waals surface area contributed by atoms with Gasteiger partial charge in [0.1, 0.15) is 0 Å². The summed E-state index contributed by atoms with van der Waals surface area (Å²) in [4.78, 5) is 2.34. The van der Waals surface area contributed by atoms with Gasteiger partial charge >= 0.3 is 0 Å². The summed E-state index contributed by atoms with van der Waals surface area (Å²) in [5.74, 6) is 0. The molecule has 0 spiro atoms. The minimum atomic E-state index is -0.0157. The molecular weight excluding hydrogens is 362 g/mol. The molecule has 0 N–H and O–H groups in total. The first-order chi connectivity index (χ1) is 14.5. The van der Waals surface area contributed by atoms with Gasteiger partial charge in [-0.1, -0.05) is 68.4 Å². The summed E-state index contributed by atoms with van der Waals surface area (Å²) in [6.45, 7) is 9.13. The summed E-state index contributed by atoms with van der Waals surface area (Å²) in [6, 6.07) is 33.0. The highest BCUT2D eigenvalue weighted by molar-refractivity contribution is 5.86. The van der Waals surface area contributed by atoms with E-state index in [1.54, 1.807) is 0 Å². The largest absolute Gasteiger partial charge is 0.310 e. The van der Waals surface area contributed by atoms with Gasteiger partial charge in [-0.3, -0.25) is 0 Å². The Labute approximate surface area is 179 Å². The first kappa shape index (κ1) is 18.7. The van der Waals surface area contributed by atoms with Gasteiger partial charge in [0.25, 0.3) is 0 Å². The second-order valence-electron chi connectivity index (χ2n) is 8.84. The Morgan fingerprint density at radius 3 is 1.67 bits per heavy atom. The van der Waals surface area contributed by atoms with Crippen molar-refractivity contribution in [2.45, 2.75) is 33.1 Å². The van der Waals surface area contributed by atoms with Gasteiger partial charge in [-0.25, -0.2) is 0 Å². The number of fused-ring (bicyclic) bond motifs is 3. The van der Waals surface area contributed by atoms with Crippen LogP contribution < -0.4 is 4.90 Å². The van der Waals surface area contributed by atoms with E-state index in [0.717, 1.165) is 0 Å². The summed E-state index contributed by atoms with van der Waals surface area (Å²) < 4.78 is 0. The van der Waals surface area contributed by atoms with Gasteiger partial charge in [0.05, 0.1) is 0 Å². The lowest BCUT2D eigenvalue weighted by Crippen LogP contribution is -2.16. The van der Waals surface area contributed by atoms with Gasteiger partial charge in [0.15, 0.2) is 0 Å². The minimum Gasteiger partial charge on any atom is -0.310 e. The van der Waals surface area contributed by atoms with Crippen molar-refractivity contribution >= 4 is 17.1 Å². The molecule has 0 aliphatic heterocycles. The van der Waals surface area contributed by atoms with Gasteiger partial charge in [-0.2, -0.15) is 0 Å². The van der Waals surface area contributed by atoms with Crippen LogP contribution >= 0.6 is 0 Å². The van der Waals surface area contributed by atoms with E-state index >= 15 is 0 Å². The van der Waals surface area contributed by atoms with Gasteiger partial charge in [-0.15, -0.1) is 0 Å². The van der Waals surface area contributed by atoms with Crippen LogP contribution in [0.1, 0.15) is 36.1 Å². The van der Waals surface area contributed by atoms with Crippen molar-refractivity contribution in [1.29, 1.82) is 0 Å². The predicted molar refractivity (Wildman–Crippen MR) is 128 cm³/mol. The van der Waals surface area contributed by atoms with Gasteiger partial charge in [-0.05, 0) is 83.6 Å². The van der Waals surface area contributed by atoms with E-state index in [-0.39, 0.29) is 5.41 Å². The van der Waals surface area contributed by atoms with E-state index in [4.69, 9.17) is 0 Å². The van der Waals surface area contributed by atoms with Gasteiger partial charge in [0.2, 0.25) is 0 Å². The van der Waals surface area contributed by atoms with Crippen molar-refractivity contribution in [3.8, 4) is 11.1 Å². The Morgan fingerprint density at radius 1 is 0.533 bits per heavy atom. The maximum absolute atomic E-state index is 2.39. The number of benzene rings is 4. The molecule has 0 atom stereocenters. The second kappa shape index (κ2) is 6.88. The van der Waals surface area contributed by atoms with E-state index in [2.05, 4.69) is 124 Å². The fourth-order valence-corrected chi connectivity index (χ4v) is 4.73. The Bertz CT molecular complexity index is 1180. The summed E-state index contributed by atoms with van der Waals surface area (Å²) in [7, 11) is 0. The molecule has 148 valence electrons.